The summed E-state index contributed by atoms with van der Waals surface area (Å²) < 4.78 is 0. The Balaban J connectivity index is 2.00. The van der Waals surface area contributed by atoms with E-state index in [4.69, 9.17) is 5.73 Å². The predicted octanol–water partition coefficient (Wildman–Crippen LogP) is 3.02. The molecule has 0 bridgehead atoms. The van der Waals surface area contributed by atoms with E-state index in [2.05, 4.69) is 18.7 Å². The van der Waals surface area contributed by atoms with Gasteiger partial charge in [-0.05, 0) is 50.7 Å². The van der Waals surface area contributed by atoms with E-state index in [0.717, 1.165) is 6.54 Å². The fourth-order valence-electron chi connectivity index (χ4n) is 2.75. The first-order chi connectivity index (χ1) is 7.64. The van der Waals surface area contributed by atoms with Gasteiger partial charge in [-0.25, -0.2) is 0 Å². The molecule has 0 unspecified atom stereocenters. The molecule has 0 aromatic carbocycles. The van der Waals surface area contributed by atoms with Crippen LogP contribution in [0.25, 0.3) is 0 Å². The summed E-state index contributed by atoms with van der Waals surface area (Å²) in [6, 6.07) is 0. The van der Waals surface area contributed by atoms with Crippen molar-refractivity contribution in [3.05, 3.63) is 0 Å². The summed E-state index contributed by atoms with van der Waals surface area (Å²) in [5.41, 5.74) is 6.04. The van der Waals surface area contributed by atoms with Crippen LogP contribution in [0.2, 0.25) is 0 Å². The van der Waals surface area contributed by atoms with Crippen LogP contribution in [0.4, 0.5) is 0 Å². The summed E-state index contributed by atoms with van der Waals surface area (Å²) in [7, 11) is 0. The molecule has 0 aromatic rings. The molecule has 0 radical (unpaired) electrons. The van der Waals surface area contributed by atoms with Crippen molar-refractivity contribution in [2.24, 2.45) is 11.1 Å². The molecule has 1 aliphatic heterocycles. The van der Waals surface area contributed by atoms with E-state index in [1.54, 1.807) is 0 Å². The lowest BCUT2D eigenvalue weighted by Gasteiger charge is -2.38. The van der Waals surface area contributed by atoms with Gasteiger partial charge in [-0.3, -0.25) is 0 Å². The number of hydrogen-bond acceptors (Lipinski definition) is 2. The van der Waals surface area contributed by atoms with Crippen molar-refractivity contribution < 1.29 is 0 Å². The minimum Gasteiger partial charge on any atom is -0.330 e. The molecule has 0 aromatic heterocycles. The molecule has 96 valence electrons. The fourth-order valence-corrected chi connectivity index (χ4v) is 2.75. The van der Waals surface area contributed by atoms with Gasteiger partial charge in [-0.2, -0.15) is 0 Å². The lowest BCUT2D eigenvalue weighted by Crippen LogP contribution is -2.40. The highest BCUT2D eigenvalue weighted by atomic mass is 15.1. The number of nitrogens with two attached hydrogens (primary N) is 1. The van der Waals surface area contributed by atoms with Crippen molar-refractivity contribution in [3.63, 3.8) is 0 Å². The van der Waals surface area contributed by atoms with Gasteiger partial charge in [-0.1, -0.05) is 33.1 Å². The van der Waals surface area contributed by atoms with Crippen LogP contribution in [-0.2, 0) is 0 Å². The zero-order chi connectivity index (χ0) is 11.9. The molecule has 0 amide bonds. The van der Waals surface area contributed by atoms with Gasteiger partial charge in [0.1, 0.15) is 0 Å². The zero-order valence-electron chi connectivity index (χ0n) is 11.3. The normalized spacial score (nSPS) is 21.2. The van der Waals surface area contributed by atoms with E-state index in [9.17, 15) is 0 Å². The number of piperidine rings is 1. The lowest BCUT2D eigenvalue weighted by molar-refractivity contribution is 0.116. The molecule has 0 spiro atoms. The van der Waals surface area contributed by atoms with Crippen LogP contribution in [0.5, 0.6) is 0 Å². The van der Waals surface area contributed by atoms with Crippen molar-refractivity contribution >= 4 is 0 Å². The Hall–Kier alpha value is -0.0800. The molecular formula is C14H30N2. The minimum absolute atomic E-state index is 0.553. The Kier molecular flexibility index (Phi) is 6.37. The third-order valence-corrected chi connectivity index (χ3v) is 3.66. The molecule has 2 N–H and O–H groups in total. The van der Waals surface area contributed by atoms with Crippen LogP contribution in [-0.4, -0.2) is 31.1 Å². The van der Waals surface area contributed by atoms with Gasteiger partial charge < -0.3 is 10.6 Å². The maximum absolute atomic E-state index is 5.48. The molecule has 16 heavy (non-hydrogen) atoms. The highest BCUT2D eigenvalue weighted by Gasteiger charge is 2.25. The number of likely N-dealkylation sites (tertiary alicyclic amines) is 1. The molecule has 2 heteroatoms. The van der Waals surface area contributed by atoms with E-state index >= 15 is 0 Å². The minimum atomic E-state index is 0.553. The van der Waals surface area contributed by atoms with Crippen LogP contribution >= 0.6 is 0 Å². The second kappa shape index (κ2) is 7.29. The number of hydrogen-bond donors (Lipinski definition) is 1. The molecule has 0 aliphatic carbocycles. The quantitative estimate of drug-likeness (QED) is 0.676. The molecule has 1 aliphatic rings. The molecular weight excluding hydrogens is 196 g/mol. The van der Waals surface area contributed by atoms with E-state index in [1.165, 1.54) is 64.6 Å². The Morgan fingerprint density at radius 1 is 1.06 bits per heavy atom. The molecule has 2 nitrogen and oxygen atoms in total. The van der Waals surface area contributed by atoms with Gasteiger partial charge in [0.05, 0.1) is 0 Å². The number of nitrogens with zero attached hydrogens (tertiary/aromatic N) is 1. The molecule has 1 saturated heterocycles. The first-order valence-corrected chi connectivity index (χ1v) is 7.06. The Morgan fingerprint density at radius 2 is 1.75 bits per heavy atom. The molecule has 1 heterocycles. The highest BCUT2D eigenvalue weighted by molar-refractivity contribution is 4.79. The topological polar surface area (TPSA) is 29.3 Å². The summed E-state index contributed by atoms with van der Waals surface area (Å²) in [6.07, 6.45) is 9.45. The standard InChI is InChI=1S/C14H30N2/c1-14(2)9-8-12-16(13-14)11-7-5-3-4-6-10-15/h3-13,15H2,1-2H3. The second-order valence-corrected chi connectivity index (χ2v) is 6.10. The number of rotatable bonds is 7. The first-order valence-electron chi connectivity index (χ1n) is 7.06. The molecule has 1 rings (SSSR count). The van der Waals surface area contributed by atoms with E-state index in [0.29, 0.717) is 5.41 Å². The van der Waals surface area contributed by atoms with Gasteiger partial charge in [0.15, 0.2) is 0 Å². The Labute approximate surface area is 102 Å². The first kappa shape index (κ1) is 14.0. The van der Waals surface area contributed by atoms with Crippen LogP contribution in [0.3, 0.4) is 0 Å². The van der Waals surface area contributed by atoms with Crippen molar-refractivity contribution in [2.45, 2.75) is 58.8 Å². The average Bonchev–Trinajstić information content (AvgIpc) is 2.22. The van der Waals surface area contributed by atoms with Crippen molar-refractivity contribution in [1.29, 1.82) is 0 Å². The van der Waals surface area contributed by atoms with Gasteiger partial charge in [0, 0.05) is 6.54 Å². The third kappa shape index (κ3) is 5.86. The summed E-state index contributed by atoms with van der Waals surface area (Å²) >= 11 is 0. The number of unbranched alkanes of at least 4 members (excludes halogenated alkanes) is 4. The predicted molar refractivity (Wildman–Crippen MR) is 71.6 cm³/mol. The highest BCUT2D eigenvalue weighted by Crippen LogP contribution is 2.28. The SMILES string of the molecule is CC1(C)CCCN(CCCCCCCN)C1. The van der Waals surface area contributed by atoms with Crippen LogP contribution < -0.4 is 5.73 Å². The fraction of sp³-hybridized carbons (Fsp3) is 1.00. The largest absolute Gasteiger partial charge is 0.330 e. The molecule has 0 atom stereocenters. The maximum atomic E-state index is 5.48. The summed E-state index contributed by atoms with van der Waals surface area (Å²) in [4.78, 5) is 2.66. The van der Waals surface area contributed by atoms with Crippen molar-refractivity contribution in [2.75, 3.05) is 26.2 Å². The van der Waals surface area contributed by atoms with Crippen LogP contribution in [0.15, 0.2) is 0 Å². The van der Waals surface area contributed by atoms with Gasteiger partial charge >= 0.3 is 0 Å². The van der Waals surface area contributed by atoms with E-state index in [-0.39, 0.29) is 0 Å². The van der Waals surface area contributed by atoms with Gasteiger partial charge in [-0.15, -0.1) is 0 Å². The molecule has 1 fully saturated rings. The monoisotopic (exact) mass is 226 g/mol. The van der Waals surface area contributed by atoms with Crippen LogP contribution in [0, 0.1) is 5.41 Å². The summed E-state index contributed by atoms with van der Waals surface area (Å²) in [5.74, 6) is 0. The lowest BCUT2D eigenvalue weighted by atomic mass is 9.84. The average molecular weight is 226 g/mol. The van der Waals surface area contributed by atoms with Crippen molar-refractivity contribution in [3.8, 4) is 0 Å². The summed E-state index contributed by atoms with van der Waals surface area (Å²) in [5, 5.41) is 0. The van der Waals surface area contributed by atoms with Crippen molar-refractivity contribution in [1.82, 2.24) is 4.90 Å². The summed E-state index contributed by atoms with van der Waals surface area (Å²) in [6.45, 7) is 9.61. The molecule has 0 saturated carbocycles. The van der Waals surface area contributed by atoms with Gasteiger partial charge in [0.2, 0.25) is 0 Å². The maximum Gasteiger partial charge on any atom is 0.00327 e. The Bertz CT molecular complexity index is 178. The second-order valence-electron chi connectivity index (χ2n) is 6.10. The van der Waals surface area contributed by atoms with Crippen LogP contribution in [0.1, 0.15) is 58.8 Å². The zero-order valence-corrected chi connectivity index (χ0v) is 11.3. The Morgan fingerprint density at radius 3 is 2.44 bits per heavy atom. The third-order valence-electron chi connectivity index (χ3n) is 3.66. The van der Waals surface area contributed by atoms with E-state index < -0.39 is 0 Å². The van der Waals surface area contributed by atoms with E-state index in [1.807, 2.05) is 0 Å². The van der Waals surface area contributed by atoms with Gasteiger partial charge in [0.25, 0.3) is 0 Å². The smallest absolute Gasteiger partial charge is 0.00327 e.